The molecule has 1 rings (SSSR count). The van der Waals surface area contributed by atoms with Crippen LogP contribution in [0.4, 0.5) is 0 Å². The van der Waals surface area contributed by atoms with Crippen LogP contribution in [0, 0.1) is 0 Å². The number of hydrogen-bond acceptors (Lipinski definition) is 5. The van der Waals surface area contributed by atoms with Crippen molar-refractivity contribution in [3.63, 3.8) is 0 Å². The number of para-hydroxylation sites is 1. The lowest BCUT2D eigenvalue weighted by molar-refractivity contribution is -0.142. The predicted octanol–water partition coefficient (Wildman–Crippen LogP) is 1.41. The maximum absolute atomic E-state index is 12.3. The molecule has 0 atom stereocenters. The molecular weight excluding hydrogens is 296 g/mol. The molecule has 6 heteroatoms. The Morgan fingerprint density at radius 3 is 2.35 bits per heavy atom. The summed E-state index contributed by atoms with van der Waals surface area (Å²) >= 11 is 0. The van der Waals surface area contributed by atoms with Crippen LogP contribution >= 0.6 is 0 Å². The van der Waals surface area contributed by atoms with Crippen LogP contribution in [0.1, 0.15) is 12.8 Å². The van der Waals surface area contributed by atoms with Gasteiger partial charge in [0, 0.05) is 13.1 Å². The first kappa shape index (κ1) is 19.0. The summed E-state index contributed by atoms with van der Waals surface area (Å²) in [6.07, 6.45) is 1.03. The molecule has 0 radical (unpaired) electrons. The first-order chi connectivity index (χ1) is 11.0. The van der Waals surface area contributed by atoms with Crippen molar-refractivity contribution in [1.29, 1.82) is 0 Å². The fourth-order valence-electron chi connectivity index (χ4n) is 2.02. The Labute approximate surface area is 138 Å². The molecule has 1 amide bonds. The summed E-state index contributed by atoms with van der Waals surface area (Å²) in [7, 11) is 5.32. The minimum atomic E-state index is -0.320. The van der Waals surface area contributed by atoms with Gasteiger partial charge < -0.3 is 19.3 Å². The molecule has 0 aliphatic rings. The Balaban J connectivity index is 2.50. The molecule has 0 unspecified atom stereocenters. The van der Waals surface area contributed by atoms with E-state index in [1.807, 2.05) is 32.3 Å². The summed E-state index contributed by atoms with van der Waals surface area (Å²) in [4.78, 5) is 27.3. The lowest BCUT2D eigenvalue weighted by Crippen LogP contribution is -2.38. The van der Waals surface area contributed by atoms with E-state index in [9.17, 15) is 9.59 Å². The number of esters is 1. The van der Waals surface area contributed by atoms with E-state index in [1.165, 1.54) is 7.11 Å². The summed E-state index contributed by atoms with van der Waals surface area (Å²) in [5.74, 6) is 0.206. The van der Waals surface area contributed by atoms with Crippen LogP contribution in [-0.2, 0) is 14.3 Å². The number of carbonyl (C=O) groups excluding carboxylic acids is 2. The van der Waals surface area contributed by atoms with Gasteiger partial charge in [-0.05, 0) is 39.2 Å². The van der Waals surface area contributed by atoms with Crippen LogP contribution in [0.15, 0.2) is 30.3 Å². The molecule has 23 heavy (non-hydrogen) atoms. The van der Waals surface area contributed by atoms with Gasteiger partial charge in [0.05, 0.1) is 13.5 Å². The summed E-state index contributed by atoms with van der Waals surface area (Å²) in [6, 6.07) is 9.20. The third-order valence-electron chi connectivity index (χ3n) is 3.31. The van der Waals surface area contributed by atoms with E-state index in [2.05, 4.69) is 9.64 Å². The van der Waals surface area contributed by atoms with Crippen molar-refractivity contribution in [2.24, 2.45) is 0 Å². The standard InChI is InChI=1S/C17H26N2O4/c1-18(2)11-7-12-19(13-10-17(21)22-3)16(20)14-23-15-8-5-4-6-9-15/h4-6,8-9H,7,10-14H2,1-3H3. The fraction of sp³-hybridized carbons (Fsp3) is 0.529. The molecule has 0 saturated heterocycles. The van der Waals surface area contributed by atoms with E-state index >= 15 is 0 Å². The van der Waals surface area contributed by atoms with Crippen LogP contribution in [0.2, 0.25) is 0 Å². The predicted molar refractivity (Wildman–Crippen MR) is 88.3 cm³/mol. The van der Waals surface area contributed by atoms with Gasteiger partial charge in [0.1, 0.15) is 5.75 Å². The van der Waals surface area contributed by atoms with Crippen molar-refractivity contribution < 1.29 is 19.1 Å². The number of amides is 1. The molecule has 128 valence electrons. The zero-order valence-electron chi connectivity index (χ0n) is 14.2. The molecule has 1 aromatic carbocycles. The smallest absolute Gasteiger partial charge is 0.307 e. The van der Waals surface area contributed by atoms with Gasteiger partial charge in [-0.3, -0.25) is 9.59 Å². The Morgan fingerprint density at radius 2 is 1.74 bits per heavy atom. The van der Waals surface area contributed by atoms with E-state index in [0.29, 0.717) is 18.8 Å². The van der Waals surface area contributed by atoms with E-state index in [0.717, 1.165) is 13.0 Å². The van der Waals surface area contributed by atoms with Crippen LogP contribution < -0.4 is 4.74 Å². The average molecular weight is 322 g/mol. The highest BCUT2D eigenvalue weighted by Crippen LogP contribution is 2.08. The molecule has 0 saturated carbocycles. The number of hydrogen-bond donors (Lipinski definition) is 0. The van der Waals surface area contributed by atoms with Gasteiger partial charge in [-0.25, -0.2) is 0 Å². The maximum Gasteiger partial charge on any atom is 0.307 e. The molecule has 6 nitrogen and oxygen atoms in total. The average Bonchev–Trinajstić information content (AvgIpc) is 2.56. The molecule has 0 aromatic heterocycles. The van der Waals surface area contributed by atoms with Crippen molar-refractivity contribution in [3.8, 4) is 5.75 Å². The minimum Gasteiger partial charge on any atom is -0.484 e. The van der Waals surface area contributed by atoms with E-state index in [1.54, 1.807) is 17.0 Å². The number of carbonyl (C=O) groups is 2. The number of ether oxygens (including phenoxy) is 2. The third kappa shape index (κ3) is 8.21. The lowest BCUT2D eigenvalue weighted by Gasteiger charge is -2.23. The van der Waals surface area contributed by atoms with Crippen molar-refractivity contribution in [3.05, 3.63) is 30.3 Å². The highest BCUT2D eigenvalue weighted by Gasteiger charge is 2.16. The highest BCUT2D eigenvalue weighted by atomic mass is 16.5. The molecule has 1 aromatic rings. The maximum atomic E-state index is 12.3. The van der Waals surface area contributed by atoms with Crippen LogP contribution in [0.5, 0.6) is 5.75 Å². The number of rotatable bonds is 10. The third-order valence-corrected chi connectivity index (χ3v) is 3.31. The van der Waals surface area contributed by atoms with Gasteiger partial charge in [0.25, 0.3) is 5.91 Å². The SMILES string of the molecule is COC(=O)CCN(CCCN(C)C)C(=O)COc1ccccc1. The minimum absolute atomic E-state index is 0.0346. The fourth-order valence-corrected chi connectivity index (χ4v) is 2.02. The monoisotopic (exact) mass is 322 g/mol. The molecule has 0 bridgehead atoms. The van der Waals surface area contributed by atoms with Crippen molar-refractivity contribution in [2.45, 2.75) is 12.8 Å². The normalized spacial score (nSPS) is 10.4. The van der Waals surface area contributed by atoms with Crippen molar-refractivity contribution >= 4 is 11.9 Å². The Bertz CT molecular complexity index is 477. The number of benzene rings is 1. The van der Waals surface area contributed by atoms with Crippen LogP contribution in [-0.4, -0.2) is 69.1 Å². The molecule has 0 spiro atoms. The highest BCUT2D eigenvalue weighted by molar-refractivity contribution is 5.78. The van der Waals surface area contributed by atoms with Gasteiger partial charge in [-0.15, -0.1) is 0 Å². The van der Waals surface area contributed by atoms with Crippen LogP contribution in [0.25, 0.3) is 0 Å². The largest absolute Gasteiger partial charge is 0.484 e. The summed E-state index contributed by atoms with van der Waals surface area (Å²) in [5, 5.41) is 0. The second kappa shape index (κ2) is 10.6. The van der Waals surface area contributed by atoms with E-state index in [-0.39, 0.29) is 24.9 Å². The topological polar surface area (TPSA) is 59.1 Å². The molecule has 0 fully saturated rings. The van der Waals surface area contributed by atoms with Gasteiger partial charge in [0.15, 0.2) is 6.61 Å². The molecule has 0 aliphatic carbocycles. The summed E-state index contributed by atoms with van der Waals surface area (Å²) < 4.78 is 10.1. The van der Waals surface area contributed by atoms with Gasteiger partial charge in [0.2, 0.25) is 0 Å². The quantitative estimate of drug-likeness (QED) is 0.610. The van der Waals surface area contributed by atoms with Gasteiger partial charge in [-0.1, -0.05) is 18.2 Å². The second-order valence-electron chi connectivity index (χ2n) is 5.47. The first-order valence-electron chi connectivity index (χ1n) is 7.70. The van der Waals surface area contributed by atoms with Gasteiger partial charge in [-0.2, -0.15) is 0 Å². The van der Waals surface area contributed by atoms with E-state index in [4.69, 9.17) is 4.74 Å². The van der Waals surface area contributed by atoms with Gasteiger partial charge >= 0.3 is 5.97 Å². The Kier molecular flexibility index (Phi) is 8.75. The zero-order chi connectivity index (χ0) is 17.1. The van der Waals surface area contributed by atoms with Crippen LogP contribution in [0.3, 0.4) is 0 Å². The lowest BCUT2D eigenvalue weighted by atomic mass is 10.3. The molecule has 0 N–H and O–H groups in total. The summed E-state index contributed by atoms with van der Waals surface area (Å²) in [6.45, 7) is 1.78. The second-order valence-corrected chi connectivity index (χ2v) is 5.47. The Hall–Kier alpha value is -2.08. The number of nitrogens with zero attached hydrogens (tertiary/aromatic N) is 2. The molecule has 0 heterocycles. The molecule has 0 aliphatic heterocycles. The number of methoxy groups -OCH3 is 1. The zero-order valence-corrected chi connectivity index (χ0v) is 14.2. The summed E-state index contributed by atoms with van der Waals surface area (Å²) in [5.41, 5.74) is 0. The Morgan fingerprint density at radius 1 is 1.04 bits per heavy atom. The molecular formula is C17H26N2O4. The van der Waals surface area contributed by atoms with Crippen molar-refractivity contribution in [1.82, 2.24) is 9.80 Å². The van der Waals surface area contributed by atoms with E-state index < -0.39 is 0 Å². The first-order valence-corrected chi connectivity index (χ1v) is 7.70. The van der Waals surface area contributed by atoms with Crippen molar-refractivity contribution in [2.75, 3.05) is 47.4 Å².